The Morgan fingerprint density at radius 1 is 1.20 bits per heavy atom. The fourth-order valence-corrected chi connectivity index (χ4v) is 3.14. The summed E-state index contributed by atoms with van der Waals surface area (Å²) < 4.78 is 0. The first-order chi connectivity index (χ1) is 9.45. The molecule has 1 rings (SSSR count). The maximum atomic E-state index is 11.9. The molecule has 20 heavy (non-hydrogen) atoms. The number of urea groups is 1. The number of hydrogen-bond acceptors (Lipinski definition) is 2. The van der Waals surface area contributed by atoms with E-state index in [1.165, 1.54) is 0 Å². The third-order valence-corrected chi connectivity index (χ3v) is 4.72. The molecule has 3 N–H and O–H groups in total. The standard InChI is InChI=1S/C15H28N2O3/c1-4-12(5-2)11(3)17-14(20)16-10-15(13(18)19)8-6-7-9-15/h11-12H,4-10H2,1-3H3,(H,18,19)(H2,16,17,20). The molecule has 0 spiro atoms. The Balaban J connectivity index is 2.44. The van der Waals surface area contributed by atoms with E-state index >= 15 is 0 Å². The van der Waals surface area contributed by atoms with Gasteiger partial charge < -0.3 is 15.7 Å². The number of rotatable bonds is 7. The zero-order valence-electron chi connectivity index (χ0n) is 12.9. The van der Waals surface area contributed by atoms with E-state index in [9.17, 15) is 14.7 Å². The molecule has 1 aliphatic rings. The third kappa shape index (κ3) is 4.12. The molecular formula is C15H28N2O3. The molecule has 116 valence electrons. The predicted octanol–water partition coefficient (Wildman–Crippen LogP) is 2.76. The van der Waals surface area contributed by atoms with Crippen molar-refractivity contribution in [3.63, 3.8) is 0 Å². The van der Waals surface area contributed by atoms with E-state index in [1.54, 1.807) is 0 Å². The van der Waals surface area contributed by atoms with E-state index in [2.05, 4.69) is 24.5 Å². The lowest BCUT2D eigenvalue weighted by atomic mass is 9.86. The summed E-state index contributed by atoms with van der Waals surface area (Å²) in [4.78, 5) is 23.3. The normalized spacial score (nSPS) is 18.8. The second-order valence-electron chi connectivity index (χ2n) is 5.98. The molecule has 0 saturated heterocycles. The molecule has 0 heterocycles. The number of carboxylic acid groups (broad SMARTS) is 1. The lowest BCUT2D eigenvalue weighted by Crippen LogP contribution is -2.48. The molecule has 0 bridgehead atoms. The number of carbonyl (C=O) groups is 2. The van der Waals surface area contributed by atoms with Gasteiger partial charge in [-0.1, -0.05) is 39.5 Å². The van der Waals surface area contributed by atoms with Gasteiger partial charge in [0.1, 0.15) is 0 Å². The first-order valence-electron chi connectivity index (χ1n) is 7.73. The number of hydrogen-bond donors (Lipinski definition) is 3. The molecular weight excluding hydrogens is 256 g/mol. The molecule has 1 fully saturated rings. The fraction of sp³-hybridized carbons (Fsp3) is 0.867. The quantitative estimate of drug-likeness (QED) is 0.672. The molecule has 5 nitrogen and oxygen atoms in total. The molecule has 2 amide bonds. The van der Waals surface area contributed by atoms with Gasteiger partial charge in [-0.25, -0.2) is 4.79 Å². The minimum atomic E-state index is -0.789. The van der Waals surface area contributed by atoms with E-state index < -0.39 is 11.4 Å². The van der Waals surface area contributed by atoms with Crippen molar-refractivity contribution in [1.82, 2.24) is 10.6 Å². The van der Waals surface area contributed by atoms with Crippen LogP contribution in [0.2, 0.25) is 0 Å². The van der Waals surface area contributed by atoms with Crippen LogP contribution in [0.5, 0.6) is 0 Å². The molecule has 0 aliphatic heterocycles. The zero-order chi connectivity index (χ0) is 15.2. The Morgan fingerprint density at radius 2 is 1.75 bits per heavy atom. The highest BCUT2D eigenvalue weighted by Gasteiger charge is 2.41. The van der Waals surface area contributed by atoms with Gasteiger partial charge in [0.25, 0.3) is 0 Å². The molecule has 1 aliphatic carbocycles. The van der Waals surface area contributed by atoms with Crippen molar-refractivity contribution in [2.24, 2.45) is 11.3 Å². The van der Waals surface area contributed by atoms with Crippen LogP contribution in [-0.4, -0.2) is 29.7 Å². The average Bonchev–Trinajstić information content (AvgIpc) is 2.88. The SMILES string of the molecule is CCC(CC)C(C)NC(=O)NCC1(C(=O)O)CCCC1. The van der Waals surface area contributed by atoms with Crippen molar-refractivity contribution >= 4 is 12.0 Å². The molecule has 0 aromatic rings. The molecule has 0 aromatic heterocycles. The topological polar surface area (TPSA) is 78.4 Å². The second-order valence-corrected chi connectivity index (χ2v) is 5.98. The summed E-state index contributed by atoms with van der Waals surface area (Å²) in [7, 11) is 0. The predicted molar refractivity (Wildman–Crippen MR) is 78.6 cm³/mol. The van der Waals surface area contributed by atoms with E-state index in [0.717, 1.165) is 25.7 Å². The van der Waals surface area contributed by atoms with Crippen molar-refractivity contribution in [2.75, 3.05) is 6.54 Å². The Morgan fingerprint density at radius 3 is 2.20 bits per heavy atom. The van der Waals surface area contributed by atoms with Gasteiger partial charge in [-0.3, -0.25) is 4.79 Å². The van der Waals surface area contributed by atoms with Crippen molar-refractivity contribution in [3.05, 3.63) is 0 Å². The van der Waals surface area contributed by atoms with E-state index in [4.69, 9.17) is 0 Å². The number of nitrogens with one attached hydrogen (secondary N) is 2. The Labute approximate surface area is 121 Å². The summed E-state index contributed by atoms with van der Waals surface area (Å²) in [5.41, 5.74) is -0.754. The summed E-state index contributed by atoms with van der Waals surface area (Å²) in [5.74, 6) is -0.330. The maximum absolute atomic E-state index is 11.9. The highest BCUT2D eigenvalue weighted by Crippen LogP contribution is 2.37. The van der Waals surface area contributed by atoms with Crippen LogP contribution < -0.4 is 10.6 Å². The lowest BCUT2D eigenvalue weighted by molar-refractivity contribution is -0.148. The molecule has 5 heteroatoms. The highest BCUT2D eigenvalue weighted by molar-refractivity contribution is 5.78. The molecule has 0 radical (unpaired) electrons. The highest BCUT2D eigenvalue weighted by atomic mass is 16.4. The summed E-state index contributed by atoms with van der Waals surface area (Å²) in [6.45, 7) is 6.45. The minimum Gasteiger partial charge on any atom is -0.481 e. The fourth-order valence-electron chi connectivity index (χ4n) is 3.14. The van der Waals surface area contributed by atoms with Gasteiger partial charge in [-0.05, 0) is 25.7 Å². The summed E-state index contributed by atoms with van der Waals surface area (Å²) >= 11 is 0. The number of carboxylic acids is 1. The van der Waals surface area contributed by atoms with Gasteiger partial charge in [0.15, 0.2) is 0 Å². The number of aliphatic carboxylic acids is 1. The van der Waals surface area contributed by atoms with Crippen LogP contribution in [0.15, 0.2) is 0 Å². The van der Waals surface area contributed by atoms with E-state index in [0.29, 0.717) is 18.8 Å². The Hall–Kier alpha value is -1.26. The maximum Gasteiger partial charge on any atom is 0.315 e. The van der Waals surface area contributed by atoms with Gasteiger partial charge >= 0.3 is 12.0 Å². The van der Waals surface area contributed by atoms with Crippen LogP contribution in [0.4, 0.5) is 4.79 Å². The van der Waals surface area contributed by atoms with Gasteiger partial charge in [0, 0.05) is 12.6 Å². The van der Waals surface area contributed by atoms with Crippen LogP contribution >= 0.6 is 0 Å². The van der Waals surface area contributed by atoms with Crippen LogP contribution in [-0.2, 0) is 4.79 Å². The van der Waals surface area contributed by atoms with Crippen LogP contribution in [0.3, 0.4) is 0 Å². The third-order valence-electron chi connectivity index (χ3n) is 4.72. The van der Waals surface area contributed by atoms with E-state index in [-0.39, 0.29) is 18.6 Å². The monoisotopic (exact) mass is 284 g/mol. The zero-order valence-corrected chi connectivity index (χ0v) is 12.9. The number of carbonyl (C=O) groups excluding carboxylic acids is 1. The van der Waals surface area contributed by atoms with Crippen molar-refractivity contribution in [2.45, 2.75) is 65.3 Å². The molecule has 0 aromatic carbocycles. The van der Waals surface area contributed by atoms with Gasteiger partial charge in [0.05, 0.1) is 5.41 Å². The van der Waals surface area contributed by atoms with Gasteiger partial charge in [-0.2, -0.15) is 0 Å². The first kappa shape index (κ1) is 16.8. The van der Waals surface area contributed by atoms with Gasteiger partial charge in [0.2, 0.25) is 0 Å². The summed E-state index contributed by atoms with van der Waals surface area (Å²) in [6, 6.07) is -0.147. The van der Waals surface area contributed by atoms with Gasteiger partial charge in [-0.15, -0.1) is 0 Å². The van der Waals surface area contributed by atoms with Crippen LogP contribution in [0, 0.1) is 11.3 Å². The minimum absolute atomic E-state index is 0.106. The Bertz CT molecular complexity index is 334. The average molecular weight is 284 g/mol. The van der Waals surface area contributed by atoms with E-state index in [1.807, 2.05) is 6.92 Å². The first-order valence-corrected chi connectivity index (χ1v) is 7.73. The smallest absolute Gasteiger partial charge is 0.315 e. The van der Waals surface area contributed by atoms with Crippen molar-refractivity contribution in [1.29, 1.82) is 0 Å². The summed E-state index contributed by atoms with van der Waals surface area (Å²) in [6.07, 6.45) is 5.23. The molecule has 1 atom stereocenters. The summed E-state index contributed by atoms with van der Waals surface area (Å²) in [5, 5.41) is 15.0. The number of amides is 2. The lowest BCUT2D eigenvalue weighted by Gasteiger charge is -2.26. The molecule has 1 unspecified atom stereocenters. The van der Waals surface area contributed by atoms with Crippen molar-refractivity contribution in [3.8, 4) is 0 Å². The molecule has 1 saturated carbocycles. The second kappa shape index (κ2) is 7.50. The van der Waals surface area contributed by atoms with Crippen LogP contribution in [0.1, 0.15) is 59.3 Å². The largest absolute Gasteiger partial charge is 0.481 e. The van der Waals surface area contributed by atoms with Crippen molar-refractivity contribution < 1.29 is 14.7 Å². The Kier molecular flexibility index (Phi) is 6.30. The van der Waals surface area contributed by atoms with Crippen LogP contribution in [0.25, 0.3) is 0 Å².